The highest BCUT2D eigenvalue weighted by Crippen LogP contribution is 2.32. The van der Waals surface area contributed by atoms with Gasteiger partial charge in [0.25, 0.3) is 5.69 Å². The van der Waals surface area contributed by atoms with Crippen LogP contribution in [0.2, 0.25) is 0 Å². The highest BCUT2D eigenvalue weighted by Gasteiger charge is 2.15. The minimum Gasteiger partial charge on any atom is -0.456 e. The van der Waals surface area contributed by atoms with Gasteiger partial charge in [-0.25, -0.2) is 0 Å². The third-order valence-electron chi connectivity index (χ3n) is 3.06. The minimum atomic E-state index is -0.440. The Morgan fingerprint density at radius 3 is 2.60 bits per heavy atom. The molecule has 0 spiro atoms. The van der Waals surface area contributed by atoms with E-state index in [4.69, 9.17) is 4.74 Å². The molecule has 2 aromatic rings. The molecule has 0 bridgehead atoms. The number of rotatable bonds is 4. The van der Waals surface area contributed by atoms with Crippen molar-refractivity contribution in [2.45, 2.75) is 20.5 Å². The summed E-state index contributed by atoms with van der Waals surface area (Å²) in [6, 6.07) is 10.1. The summed E-state index contributed by atoms with van der Waals surface area (Å²) in [6.45, 7) is 3.41. The number of benzene rings is 2. The van der Waals surface area contributed by atoms with E-state index in [0.717, 1.165) is 5.56 Å². The Hall–Kier alpha value is -2.40. The molecule has 2 rings (SSSR count). The lowest BCUT2D eigenvalue weighted by Crippen LogP contribution is -1.97. The van der Waals surface area contributed by atoms with Crippen LogP contribution in [0.5, 0.6) is 11.5 Å². The molecule has 0 heterocycles. The Kier molecular flexibility index (Phi) is 4.00. The van der Waals surface area contributed by atoms with Gasteiger partial charge in [-0.15, -0.1) is 0 Å². The zero-order valence-corrected chi connectivity index (χ0v) is 11.3. The molecular weight excluding hydrogens is 258 g/mol. The molecule has 0 saturated heterocycles. The van der Waals surface area contributed by atoms with Gasteiger partial charge in [0.15, 0.2) is 0 Å². The fraction of sp³-hybridized carbons (Fsp3) is 0.200. The van der Waals surface area contributed by atoms with Crippen molar-refractivity contribution in [2.24, 2.45) is 0 Å². The first kappa shape index (κ1) is 14.0. The molecule has 0 aliphatic heterocycles. The molecule has 104 valence electrons. The molecular formula is C15H15NO4. The average Bonchev–Trinajstić information content (AvgIpc) is 2.42. The zero-order valence-electron chi connectivity index (χ0n) is 11.3. The Morgan fingerprint density at radius 2 is 1.95 bits per heavy atom. The SMILES string of the molecule is Cc1ccc(Oc2cccc([N+](=O)[O-])c2C)c(CO)c1. The number of hydrogen-bond acceptors (Lipinski definition) is 4. The third kappa shape index (κ3) is 2.78. The van der Waals surface area contributed by atoms with Crippen LogP contribution in [0.3, 0.4) is 0 Å². The molecule has 0 atom stereocenters. The molecule has 1 N–H and O–H groups in total. The molecule has 0 unspecified atom stereocenters. The number of aryl methyl sites for hydroxylation is 1. The van der Waals surface area contributed by atoms with Gasteiger partial charge in [0.05, 0.1) is 17.1 Å². The van der Waals surface area contributed by atoms with Crippen molar-refractivity contribution in [3.8, 4) is 11.5 Å². The largest absolute Gasteiger partial charge is 0.456 e. The van der Waals surface area contributed by atoms with Gasteiger partial charge in [-0.05, 0) is 26.0 Å². The van der Waals surface area contributed by atoms with Gasteiger partial charge in [0.1, 0.15) is 11.5 Å². The van der Waals surface area contributed by atoms with Crippen LogP contribution < -0.4 is 4.74 Å². The number of hydrogen-bond donors (Lipinski definition) is 1. The van der Waals surface area contributed by atoms with E-state index < -0.39 is 4.92 Å². The second-order valence-corrected chi connectivity index (χ2v) is 4.53. The number of ether oxygens (including phenoxy) is 1. The molecule has 0 aromatic heterocycles. The maximum absolute atomic E-state index is 10.9. The van der Waals surface area contributed by atoms with E-state index in [1.54, 1.807) is 25.1 Å². The summed E-state index contributed by atoms with van der Waals surface area (Å²) in [5, 5.41) is 20.2. The normalized spacial score (nSPS) is 10.3. The van der Waals surface area contributed by atoms with Crippen molar-refractivity contribution >= 4 is 5.69 Å². The Morgan fingerprint density at radius 1 is 1.20 bits per heavy atom. The van der Waals surface area contributed by atoms with E-state index in [1.165, 1.54) is 6.07 Å². The fourth-order valence-electron chi connectivity index (χ4n) is 1.96. The standard InChI is InChI=1S/C15H15NO4/c1-10-6-7-15(12(8-10)9-17)20-14-5-3-4-13(11(14)2)16(18)19/h3-8,17H,9H2,1-2H3. The zero-order chi connectivity index (χ0) is 14.7. The van der Waals surface area contributed by atoms with Crippen molar-refractivity contribution in [3.05, 3.63) is 63.2 Å². The fourth-order valence-corrected chi connectivity index (χ4v) is 1.96. The first-order chi connectivity index (χ1) is 9.52. The van der Waals surface area contributed by atoms with Gasteiger partial charge >= 0.3 is 0 Å². The van der Waals surface area contributed by atoms with Crippen LogP contribution in [0.25, 0.3) is 0 Å². The summed E-state index contributed by atoms with van der Waals surface area (Å²) in [6.07, 6.45) is 0. The van der Waals surface area contributed by atoms with Crippen LogP contribution in [0.4, 0.5) is 5.69 Å². The van der Waals surface area contributed by atoms with Gasteiger partial charge < -0.3 is 9.84 Å². The van der Waals surface area contributed by atoms with E-state index in [1.807, 2.05) is 19.1 Å². The van der Waals surface area contributed by atoms with E-state index in [0.29, 0.717) is 22.6 Å². The molecule has 0 aliphatic rings. The topological polar surface area (TPSA) is 72.6 Å². The molecule has 0 amide bonds. The predicted molar refractivity (Wildman–Crippen MR) is 75.0 cm³/mol. The molecule has 20 heavy (non-hydrogen) atoms. The van der Waals surface area contributed by atoms with E-state index in [-0.39, 0.29) is 12.3 Å². The van der Waals surface area contributed by atoms with Gasteiger partial charge in [0.2, 0.25) is 0 Å². The van der Waals surface area contributed by atoms with Crippen LogP contribution in [-0.4, -0.2) is 10.0 Å². The maximum Gasteiger partial charge on any atom is 0.276 e. The third-order valence-corrected chi connectivity index (χ3v) is 3.06. The smallest absolute Gasteiger partial charge is 0.276 e. The van der Waals surface area contributed by atoms with Crippen molar-refractivity contribution in [3.63, 3.8) is 0 Å². The quantitative estimate of drug-likeness (QED) is 0.683. The number of nitrogens with zero attached hydrogens (tertiary/aromatic N) is 1. The number of nitro groups is 1. The van der Waals surface area contributed by atoms with Crippen molar-refractivity contribution in [1.82, 2.24) is 0 Å². The first-order valence-electron chi connectivity index (χ1n) is 6.15. The number of nitro benzene ring substituents is 1. The molecule has 2 aromatic carbocycles. The highest BCUT2D eigenvalue weighted by molar-refractivity contribution is 5.50. The lowest BCUT2D eigenvalue weighted by molar-refractivity contribution is -0.385. The summed E-state index contributed by atoms with van der Waals surface area (Å²) < 4.78 is 5.71. The summed E-state index contributed by atoms with van der Waals surface area (Å²) >= 11 is 0. The van der Waals surface area contributed by atoms with Crippen LogP contribution in [0.15, 0.2) is 36.4 Å². The minimum absolute atomic E-state index is 0.0140. The van der Waals surface area contributed by atoms with E-state index in [2.05, 4.69) is 0 Å². The van der Waals surface area contributed by atoms with Crippen LogP contribution in [0, 0.1) is 24.0 Å². The lowest BCUT2D eigenvalue weighted by atomic mass is 10.1. The predicted octanol–water partition coefficient (Wildman–Crippen LogP) is 3.50. The Balaban J connectivity index is 2.40. The second-order valence-electron chi connectivity index (χ2n) is 4.53. The van der Waals surface area contributed by atoms with Crippen molar-refractivity contribution < 1.29 is 14.8 Å². The number of aliphatic hydroxyl groups is 1. The Labute approximate surface area is 116 Å². The first-order valence-corrected chi connectivity index (χ1v) is 6.15. The Bertz CT molecular complexity index is 652. The molecule has 5 nitrogen and oxygen atoms in total. The summed E-state index contributed by atoms with van der Waals surface area (Å²) in [7, 11) is 0. The van der Waals surface area contributed by atoms with Crippen molar-refractivity contribution in [1.29, 1.82) is 0 Å². The molecule has 0 saturated carbocycles. The van der Waals surface area contributed by atoms with Gasteiger partial charge in [-0.1, -0.05) is 23.8 Å². The highest BCUT2D eigenvalue weighted by atomic mass is 16.6. The molecule has 0 aliphatic carbocycles. The second kappa shape index (κ2) is 5.71. The maximum atomic E-state index is 10.9. The van der Waals surface area contributed by atoms with E-state index >= 15 is 0 Å². The van der Waals surface area contributed by atoms with Crippen LogP contribution >= 0.6 is 0 Å². The summed E-state index contributed by atoms with van der Waals surface area (Å²) in [5.74, 6) is 0.916. The average molecular weight is 273 g/mol. The lowest BCUT2D eigenvalue weighted by Gasteiger charge is -2.12. The number of aliphatic hydroxyl groups excluding tert-OH is 1. The monoisotopic (exact) mass is 273 g/mol. The summed E-state index contributed by atoms with van der Waals surface area (Å²) in [4.78, 5) is 10.5. The van der Waals surface area contributed by atoms with Gasteiger partial charge in [-0.2, -0.15) is 0 Å². The van der Waals surface area contributed by atoms with Crippen LogP contribution in [0.1, 0.15) is 16.7 Å². The van der Waals surface area contributed by atoms with Crippen LogP contribution in [-0.2, 0) is 6.61 Å². The molecule has 0 fully saturated rings. The van der Waals surface area contributed by atoms with Gasteiger partial charge in [-0.3, -0.25) is 10.1 Å². The molecule has 0 radical (unpaired) electrons. The molecule has 5 heteroatoms. The van der Waals surface area contributed by atoms with Crippen molar-refractivity contribution in [2.75, 3.05) is 0 Å². The summed E-state index contributed by atoms with van der Waals surface area (Å²) in [5.41, 5.74) is 2.13. The van der Waals surface area contributed by atoms with Gasteiger partial charge in [0, 0.05) is 11.6 Å². The van der Waals surface area contributed by atoms with E-state index in [9.17, 15) is 15.2 Å².